The number of hydrogen-bond donors (Lipinski definition) is 0. The Balaban J connectivity index is 0.912. The van der Waals surface area contributed by atoms with Crippen LogP contribution in [0.2, 0.25) is 0 Å². The zero-order valence-electron chi connectivity index (χ0n) is 35.9. The van der Waals surface area contributed by atoms with Crippen LogP contribution >= 0.6 is 0 Å². The summed E-state index contributed by atoms with van der Waals surface area (Å²) in [6, 6.07) is 76.7. The molecule has 2 heterocycles. The van der Waals surface area contributed by atoms with E-state index in [0.29, 0.717) is 40.1 Å². The number of para-hydroxylation sites is 2. The summed E-state index contributed by atoms with van der Waals surface area (Å²) >= 11 is 0. The summed E-state index contributed by atoms with van der Waals surface area (Å²) in [4.78, 5) is 15.9. The van der Waals surface area contributed by atoms with E-state index in [9.17, 15) is 8.42 Å². The van der Waals surface area contributed by atoms with E-state index in [0.717, 1.165) is 77.6 Å². The van der Waals surface area contributed by atoms with Gasteiger partial charge < -0.3 is 4.57 Å². The van der Waals surface area contributed by atoms with Gasteiger partial charge in [-0.25, -0.2) is 23.4 Å². The number of rotatable bonds is 11. The molecular weight excluding hydrogens is 829 g/mol. The lowest BCUT2D eigenvalue weighted by Crippen LogP contribution is -2.09. The first-order valence-electron chi connectivity index (χ1n) is 22.0. The van der Waals surface area contributed by atoms with Crippen molar-refractivity contribution in [3.05, 3.63) is 253 Å². The van der Waals surface area contributed by atoms with E-state index in [1.165, 1.54) is 0 Å². The predicted molar refractivity (Wildman–Crippen MR) is 266 cm³/mol. The molecule has 11 rings (SSSR count). The topological polar surface area (TPSA) is 77.7 Å². The highest BCUT2D eigenvalue weighted by molar-refractivity contribution is 7.91. The van der Waals surface area contributed by atoms with Crippen molar-refractivity contribution < 1.29 is 8.42 Å². The number of aromatic nitrogens is 4. The molecule has 0 amide bonds. The molecule has 0 saturated carbocycles. The summed E-state index contributed by atoms with van der Waals surface area (Å²) in [5, 5.41) is 2.28. The molecule has 316 valence electrons. The van der Waals surface area contributed by atoms with Gasteiger partial charge in [-0.15, -0.1) is 0 Å². The highest BCUT2D eigenvalue weighted by Gasteiger charge is 2.24. The third-order valence-electron chi connectivity index (χ3n) is 12.2. The van der Waals surface area contributed by atoms with Crippen molar-refractivity contribution in [3.8, 4) is 51.0 Å². The van der Waals surface area contributed by atoms with Crippen LogP contribution in [-0.4, -0.2) is 27.9 Å². The molecule has 9 aromatic carbocycles. The van der Waals surface area contributed by atoms with Gasteiger partial charge in [-0.1, -0.05) is 176 Å². The van der Waals surface area contributed by atoms with Crippen LogP contribution in [-0.2, 0) is 22.7 Å². The number of hydrogen-bond acceptors (Lipinski definition) is 5. The number of nitrogens with zero attached hydrogens (tertiary/aromatic N) is 4. The minimum Gasteiger partial charge on any atom is -0.309 e. The van der Waals surface area contributed by atoms with E-state index in [1.54, 1.807) is 24.3 Å². The number of benzene rings is 9. The summed E-state index contributed by atoms with van der Waals surface area (Å²) in [5.41, 5.74) is 11.7. The van der Waals surface area contributed by atoms with Crippen molar-refractivity contribution in [1.29, 1.82) is 0 Å². The van der Waals surface area contributed by atoms with Crippen LogP contribution in [0.3, 0.4) is 0 Å². The Hall–Kier alpha value is -8.26. The monoisotopic (exact) mass is 870 g/mol. The summed E-state index contributed by atoms with van der Waals surface area (Å²) in [7, 11) is -3.81. The van der Waals surface area contributed by atoms with Crippen molar-refractivity contribution >= 4 is 31.6 Å². The van der Waals surface area contributed by atoms with Crippen LogP contribution in [0.25, 0.3) is 72.8 Å². The minimum atomic E-state index is -3.81. The first-order chi connectivity index (χ1) is 32.5. The van der Waals surface area contributed by atoms with Gasteiger partial charge in [0.25, 0.3) is 0 Å². The van der Waals surface area contributed by atoms with Crippen molar-refractivity contribution in [1.82, 2.24) is 19.5 Å². The van der Waals surface area contributed by atoms with Crippen molar-refractivity contribution in [2.24, 2.45) is 0 Å². The van der Waals surface area contributed by atoms with E-state index in [2.05, 4.69) is 108 Å². The van der Waals surface area contributed by atoms with Gasteiger partial charge in [0, 0.05) is 33.2 Å². The maximum absolute atomic E-state index is 14.4. The lowest BCUT2D eigenvalue weighted by atomic mass is 9.99. The highest BCUT2D eigenvalue weighted by atomic mass is 32.2. The van der Waals surface area contributed by atoms with Gasteiger partial charge in [-0.2, -0.15) is 0 Å². The van der Waals surface area contributed by atoms with Gasteiger partial charge in [-0.05, 0) is 101 Å². The minimum absolute atomic E-state index is 0.327. The van der Waals surface area contributed by atoms with Crippen LogP contribution in [0.5, 0.6) is 0 Å². The largest absolute Gasteiger partial charge is 0.309 e. The predicted octanol–water partition coefficient (Wildman–Crippen LogP) is 13.7. The van der Waals surface area contributed by atoms with E-state index in [1.807, 2.05) is 103 Å². The maximum atomic E-state index is 14.4. The Labute approximate surface area is 384 Å². The summed E-state index contributed by atoms with van der Waals surface area (Å²) in [6.45, 7) is 0. The zero-order valence-corrected chi connectivity index (χ0v) is 36.7. The molecule has 0 aliphatic carbocycles. The van der Waals surface area contributed by atoms with Gasteiger partial charge in [0.1, 0.15) is 0 Å². The molecule has 0 N–H and O–H groups in total. The molecule has 66 heavy (non-hydrogen) atoms. The zero-order chi connectivity index (χ0) is 44.5. The smallest absolute Gasteiger partial charge is 0.207 e. The van der Waals surface area contributed by atoms with Gasteiger partial charge >= 0.3 is 0 Å². The molecule has 0 spiro atoms. The second-order valence-electron chi connectivity index (χ2n) is 16.4. The molecule has 0 aliphatic rings. The fourth-order valence-corrected chi connectivity index (χ4v) is 10.7. The Kier molecular flexibility index (Phi) is 10.7. The Morgan fingerprint density at radius 3 is 1.48 bits per heavy atom. The third-order valence-corrected chi connectivity index (χ3v) is 14.1. The average molecular weight is 871 g/mol. The normalized spacial score (nSPS) is 11.6. The van der Waals surface area contributed by atoms with E-state index >= 15 is 0 Å². The standard InChI is InChI=1S/C59H42N4O2S/c64-66(65,55-29-14-10-21-46(55)37-41-17-4-1-5-18-41)56-30-15-11-22-47(56)38-42-31-33-43(34-32-42)45-23-16-24-48(39-45)58-60-57(44-19-6-2-7-20-44)61-59(62-58)49-35-36-54-52(40-49)51-27-12-13-28-53(51)63(54)50-25-8-3-9-26-50/h1-36,39-40H,37-38H2. The average Bonchev–Trinajstić information content (AvgIpc) is 3.71. The molecule has 0 unspecified atom stereocenters. The fraction of sp³-hybridized carbons (Fsp3) is 0.0339. The summed E-state index contributed by atoms with van der Waals surface area (Å²) in [6.07, 6.45) is 0.993. The van der Waals surface area contributed by atoms with E-state index in [-0.39, 0.29) is 0 Å². The van der Waals surface area contributed by atoms with E-state index in [4.69, 9.17) is 15.0 Å². The molecule has 0 radical (unpaired) electrons. The Morgan fingerprint density at radius 2 is 0.818 bits per heavy atom. The summed E-state index contributed by atoms with van der Waals surface area (Å²) < 4.78 is 31.1. The van der Waals surface area contributed by atoms with Gasteiger partial charge in [0.15, 0.2) is 17.5 Å². The molecule has 11 aromatic rings. The van der Waals surface area contributed by atoms with Gasteiger partial charge in [0.2, 0.25) is 9.84 Å². The van der Waals surface area contributed by atoms with Crippen LogP contribution < -0.4 is 0 Å². The van der Waals surface area contributed by atoms with Gasteiger partial charge in [-0.3, -0.25) is 0 Å². The second kappa shape index (κ2) is 17.4. The Bertz CT molecular complexity index is 3650. The van der Waals surface area contributed by atoms with Crippen LogP contribution in [0.15, 0.2) is 240 Å². The van der Waals surface area contributed by atoms with E-state index < -0.39 is 9.84 Å². The fourth-order valence-electron chi connectivity index (χ4n) is 8.95. The van der Waals surface area contributed by atoms with Gasteiger partial charge in [0.05, 0.1) is 20.8 Å². The number of fused-ring (bicyclic) bond motifs is 3. The first kappa shape index (κ1) is 40.5. The lowest BCUT2D eigenvalue weighted by Gasteiger charge is -2.14. The van der Waals surface area contributed by atoms with Crippen LogP contribution in [0.4, 0.5) is 0 Å². The third kappa shape index (κ3) is 7.86. The van der Waals surface area contributed by atoms with Crippen molar-refractivity contribution in [2.45, 2.75) is 22.6 Å². The van der Waals surface area contributed by atoms with Crippen molar-refractivity contribution in [2.75, 3.05) is 0 Å². The SMILES string of the molecule is O=S(=O)(c1ccccc1Cc1ccccc1)c1ccccc1Cc1ccc(-c2cccc(-c3nc(-c4ccccc4)nc(-c4ccc5c(c4)c4ccccc4n5-c4ccccc4)n3)c2)cc1. The Morgan fingerprint density at radius 1 is 0.348 bits per heavy atom. The maximum Gasteiger partial charge on any atom is 0.207 e. The molecule has 0 fully saturated rings. The summed E-state index contributed by atoms with van der Waals surface area (Å²) in [5.74, 6) is 1.76. The van der Waals surface area contributed by atoms with Crippen LogP contribution in [0.1, 0.15) is 22.3 Å². The molecule has 6 nitrogen and oxygen atoms in total. The molecule has 0 atom stereocenters. The molecule has 0 bridgehead atoms. The van der Waals surface area contributed by atoms with Crippen LogP contribution in [0, 0.1) is 0 Å². The molecule has 2 aromatic heterocycles. The second-order valence-corrected chi connectivity index (χ2v) is 18.3. The highest BCUT2D eigenvalue weighted by Crippen LogP contribution is 2.36. The van der Waals surface area contributed by atoms with Crippen molar-refractivity contribution in [3.63, 3.8) is 0 Å². The lowest BCUT2D eigenvalue weighted by molar-refractivity contribution is 0.594. The molecule has 0 saturated heterocycles. The molecule has 7 heteroatoms. The first-order valence-corrected chi connectivity index (χ1v) is 23.5. The number of sulfone groups is 1. The molecular formula is C59H42N4O2S. The quantitative estimate of drug-likeness (QED) is 0.129. The molecule has 0 aliphatic heterocycles.